The highest BCUT2D eigenvalue weighted by Gasteiger charge is 2.14. The molecule has 1 aromatic heterocycles. The number of methoxy groups -OCH3 is 2. The maximum atomic E-state index is 12.2. The summed E-state index contributed by atoms with van der Waals surface area (Å²) in [4.78, 5) is 4.09. The Morgan fingerprint density at radius 2 is 1.95 bits per heavy atom. The Labute approximate surface area is 128 Å². The Morgan fingerprint density at radius 1 is 1.19 bits per heavy atom. The van der Waals surface area contributed by atoms with Crippen LogP contribution in [0.5, 0.6) is 11.5 Å². The van der Waals surface area contributed by atoms with Crippen molar-refractivity contribution in [3.63, 3.8) is 0 Å². The average Bonchev–Trinajstić information content (AvgIpc) is 2.98. The van der Waals surface area contributed by atoms with E-state index in [-0.39, 0.29) is 11.5 Å². The molecule has 0 saturated carbocycles. The van der Waals surface area contributed by atoms with Gasteiger partial charge in [0.1, 0.15) is 0 Å². The Hall–Kier alpha value is -1.60. The molecule has 0 saturated heterocycles. The van der Waals surface area contributed by atoms with Gasteiger partial charge in [-0.05, 0) is 17.7 Å². The molecule has 0 atom stereocenters. The van der Waals surface area contributed by atoms with Crippen molar-refractivity contribution in [2.45, 2.75) is 12.2 Å². The predicted molar refractivity (Wildman–Crippen MR) is 82.9 cm³/mol. The molecule has 0 aliphatic carbocycles. The lowest BCUT2D eigenvalue weighted by molar-refractivity contribution is 0.354. The number of thiazole rings is 1. The highest BCUT2D eigenvalue weighted by atomic mass is 32.2. The van der Waals surface area contributed by atoms with Crippen molar-refractivity contribution in [1.82, 2.24) is 4.98 Å². The Morgan fingerprint density at radius 3 is 2.57 bits per heavy atom. The fraction of sp³-hybridized carbons (Fsp3) is 0.357. The minimum Gasteiger partial charge on any atom is -0.493 e. The third-order valence-corrected chi connectivity index (χ3v) is 5.22. The van der Waals surface area contributed by atoms with Gasteiger partial charge in [-0.2, -0.15) is 0 Å². The van der Waals surface area contributed by atoms with Gasteiger partial charge in [-0.3, -0.25) is 0 Å². The third kappa shape index (κ3) is 4.44. The molecule has 21 heavy (non-hydrogen) atoms. The second-order valence-corrected chi connectivity index (χ2v) is 7.41. The van der Waals surface area contributed by atoms with Gasteiger partial charge in [-0.25, -0.2) is 13.4 Å². The van der Waals surface area contributed by atoms with E-state index in [0.29, 0.717) is 23.5 Å². The summed E-state index contributed by atoms with van der Waals surface area (Å²) >= 11 is 1.47. The van der Waals surface area contributed by atoms with Crippen LogP contribution in [0, 0.1) is 0 Å². The summed E-state index contributed by atoms with van der Waals surface area (Å²) in [6.45, 7) is 0. The second kappa shape index (κ2) is 6.91. The molecule has 0 N–H and O–H groups in total. The largest absolute Gasteiger partial charge is 0.493 e. The van der Waals surface area contributed by atoms with Crippen molar-refractivity contribution < 1.29 is 17.9 Å². The number of ether oxygens (including phenoxy) is 2. The van der Waals surface area contributed by atoms with E-state index in [1.54, 1.807) is 30.8 Å². The van der Waals surface area contributed by atoms with Crippen molar-refractivity contribution in [1.29, 1.82) is 0 Å². The molecule has 7 heteroatoms. The van der Waals surface area contributed by atoms with Crippen molar-refractivity contribution in [3.8, 4) is 11.5 Å². The first-order valence-corrected chi connectivity index (χ1v) is 9.09. The first kappa shape index (κ1) is 15.8. The molecule has 0 spiro atoms. The van der Waals surface area contributed by atoms with Crippen LogP contribution >= 0.6 is 11.3 Å². The second-order valence-electron chi connectivity index (χ2n) is 4.51. The van der Waals surface area contributed by atoms with Gasteiger partial charge in [-0.1, -0.05) is 6.07 Å². The molecule has 114 valence electrons. The predicted octanol–water partition coefficient (Wildman–Crippen LogP) is 2.32. The normalized spacial score (nSPS) is 11.3. The van der Waals surface area contributed by atoms with Gasteiger partial charge in [0.25, 0.3) is 0 Å². The van der Waals surface area contributed by atoms with Crippen LogP contribution in [0.3, 0.4) is 0 Å². The number of nitrogens with zero attached hydrogens (tertiary/aromatic N) is 1. The minimum absolute atomic E-state index is 0.0164. The minimum atomic E-state index is -3.19. The molecule has 0 aliphatic heterocycles. The summed E-state index contributed by atoms with van der Waals surface area (Å²) in [5, 5.41) is 1.87. The zero-order valence-electron chi connectivity index (χ0n) is 11.9. The monoisotopic (exact) mass is 327 g/mol. The Kier molecular flexibility index (Phi) is 5.19. The number of aryl methyl sites for hydroxylation is 1. The van der Waals surface area contributed by atoms with Gasteiger partial charge in [0.05, 0.1) is 36.9 Å². The molecule has 0 fully saturated rings. The number of benzene rings is 1. The van der Waals surface area contributed by atoms with Gasteiger partial charge >= 0.3 is 0 Å². The highest BCUT2D eigenvalue weighted by molar-refractivity contribution is 7.90. The van der Waals surface area contributed by atoms with E-state index in [1.165, 1.54) is 18.4 Å². The van der Waals surface area contributed by atoms with Crippen LogP contribution in [-0.2, 0) is 22.0 Å². The van der Waals surface area contributed by atoms with Gasteiger partial charge in [0.15, 0.2) is 21.3 Å². The maximum Gasteiger partial charge on any atom is 0.161 e. The van der Waals surface area contributed by atoms with Gasteiger partial charge in [-0.15, -0.1) is 11.3 Å². The van der Waals surface area contributed by atoms with E-state index < -0.39 is 9.84 Å². The Bertz CT molecular complexity index is 681. The SMILES string of the molecule is COc1ccc(CS(=O)(=O)CCc2cscn2)cc1OC. The molecular formula is C14H17NO4S2. The number of rotatable bonds is 7. The maximum absolute atomic E-state index is 12.2. The number of hydrogen-bond acceptors (Lipinski definition) is 6. The lowest BCUT2D eigenvalue weighted by atomic mass is 10.2. The summed E-state index contributed by atoms with van der Waals surface area (Å²) < 4.78 is 34.6. The van der Waals surface area contributed by atoms with E-state index in [9.17, 15) is 8.42 Å². The first-order valence-electron chi connectivity index (χ1n) is 6.32. The standard InChI is InChI=1S/C14H17NO4S2/c1-18-13-4-3-11(7-14(13)19-2)9-21(16,17)6-5-12-8-20-10-15-12/h3-4,7-8,10H,5-6,9H2,1-2H3. The van der Waals surface area contributed by atoms with Gasteiger partial charge in [0, 0.05) is 11.8 Å². The summed E-state index contributed by atoms with van der Waals surface area (Å²) in [7, 11) is -0.117. The van der Waals surface area contributed by atoms with E-state index in [2.05, 4.69) is 4.98 Å². The summed E-state index contributed by atoms with van der Waals surface area (Å²) in [5.74, 6) is 1.19. The molecule has 0 aliphatic rings. The van der Waals surface area contributed by atoms with Crippen LogP contribution < -0.4 is 9.47 Å². The van der Waals surface area contributed by atoms with E-state index in [4.69, 9.17) is 9.47 Å². The fourth-order valence-corrected chi connectivity index (χ4v) is 3.86. The van der Waals surface area contributed by atoms with Gasteiger partial charge in [0.2, 0.25) is 0 Å². The fourth-order valence-electron chi connectivity index (χ4n) is 1.92. The van der Waals surface area contributed by atoms with E-state index >= 15 is 0 Å². The molecule has 0 bridgehead atoms. The van der Waals surface area contributed by atoms with Crippen molar-refractivity contribution in [3.05, 3.63) is 40.3 Å². The van der Waals surface area contributed by atoms with Crippen LogP contribution in [0.2, 0.25) is 0 Å². The number of aromatic nitrogens is 1. The molecule has 1 aromatic carbocycles. The van der Waals surface area contributed by atoms with Crippen LogP contribution in [-0.4, -0.2) is 33.4 Å². The van der Waals surface area contributed by atoms with Crippen LogP contribution in [0.1, 0.15) is 11.3 Å². The molecule has 2 rings (SSSR count). The third-order valence-electron chi connectivity index (χ3n) is 2.99. The topological polar surface area (TPSA) is 65.5 Å². The molecule has 0 unspecified atom stereocenters. The first-order chi connectivity index (χ1) is 10.0. The van der Waals surface area contributed by atoms with Crippen LogP contribution in [0.25, 0.3) is 0 Å². The molecule has 0 radical (unpaired) electrons. The molecular weight excluding hydrogens is 310 g/mol. The summed E-state index contributed by atoms with van der Waals surface area (Å²) in [6.07, 6.45) is 0.444. The van der Waals surface area contributed by atoms with Crippen molar-refractivity contribution in [2.24, 2.45) is 0 Å². The number of sulfone groups is 1. The van der Waals surface area contributed by atoms with E-state index in [0.717, 1.165) is 5.69 Å². The zero-order valence-corrected chi connectivity index (χ0v) is 13.5. The molecule has 1 heterocycles. The van der Waals surface area contributed by atoms with Crippen molar-refractivity contribution >= 4 is 21.2 Å². The van der Waals surface area contributed by atoms with Crippen LogP contribution in [0.15, 0.2) is 29.1 Å². The quantitative estimate of drug-likeness (QED) is 0.781. The summed E-state index contributed by atoms with van der Waals surface area (Å²) in [5.41, 5.74) is 3.21. The lowest BCUT2D eigenvalue weighted by Gasteiger charge is -2.10. The molecule has 0 amide bonds. The lowest BCUT2D eigenvalue weighted by Crippen LogP contribution is -2.11. The Balaban J connectivity index is 2.05. The van der Waals surface area contributed by atoms with Crippen LogP contribution in [0.4, 0.5) is 0 Å². The highest BCUT2D eigenvalue weighted by Crippen LogP contribution is 2.28. The zero-order chi connectivity index (χ0) is 15.3. The summed E-state index contributed by atoms with van der Waals surface area (Å²) in [6, 6.07) is 5.14. The number of hydrogen-bond donors (Lipinski definition) is 0. The van der Waals surface area contributed by atoms with Gasteiger partial charge < -0.3 is 9.47 Å². The average molecular weight is 327 g/mol. The van der Waals surface area contributed by atoms with Crippen molar-refractivity contribution in [2.75, 3.05) is 20.0 Å². The van der Waals surface area contributed by atoms with E-state index in [1.807, 2.05) is 5.38 Å². The smallest absolute Gasteiger partial charge is 0.161 e. The molecule has 2 aromatic rings. The molecule has 5 nitrogen and oxygen atoms in total.